The lowest BCUT2D eigenvalue weighted by Crippen LogP contribution is -2.10. The summed E-state index contributed by atoms with van der Waals surface area (Å²) in [5.74, 6) is 1.37. The molecule has 2 heteroatoms. The van der Waals surface area contributed by atoms with Crippen LogP contribution >= 0.6 is 11.6 Å². The molecule has 0 aliphatic carbocycles. The minimum absolute atomic E-state index is 0.610. The zero-order valence-electron chi connectivity index (χ0n) is 9.17. The Morgan fingerprint density at radius 2 is 2.13 bits per heavy atom. The van der Waals surface area contributed by atoms with Crippen molar-refractivity contribution in [1.29, 1.82) is 0 Å². The molecule has 1 nitrogen and oxygen atoms in total. The molecule has 82 valence electrons. The molecule has 1 aliphatic rings. The quantitative estimate of drug-likeness (QED) is 0.828. The van der Waals surface area contributed by atoms with Crippen LogP contribution in [-0.4, -0.2) is 13.1 Å². The summed E-state index contributed by atoms with van der Waals surface area (Å²) in [7, 11) is 0. The Bertz CT molecular complexity index is 324. The van der Waals surface area contributed by atoms with Crippen LogP contribution in [0, 0.1) is 5.92 Å². The van der Waals surface area contributed by atoms with Gasteiger partial charge in [-0.05, 0) is 30.5 Å². The summed E-state index contributed by atoms with van der Waals surface area (Å²) in [6, 6.07) is 8.26. The first-order valence-electron chi connectivity index (χ1n) is 5.78. The molecule has 0 radical (unpaired) electrons. The molecule has 1 saturated heterocycles. The second kappa shape index (κ2) is 5.00. The van der Waals surface area contributed by atoms with Gasteiger partial charge in [0.25, 0.3) is 0 Å². The fourth-order valence-electron chi connectivity index (χ4n) is 2.55. The molecule has 1 aliphatic heterocycles. The van der Waals surface area contributed by atoms with Gasteiger partial charge in [-0.3, -0.25) is 0 Å². The Hall–Kier alpha value is -0.530. The van der Waals surface area contributed by atoms with Gasteiger partial charge in [0, 0.05) is 17.5 Å². The molecule has 15 heavy (non-hydrogen) atoms. The van der Waals surface area contributed by atoms with Gasteiger partial charge in [-0.2, -0.15) is 0 Å². The molecule has 1 fully saturated rings. The summed E-state index contributed by atoms with van der Waals surface area (Å²) in [6.07, 6.45) is 2.55. The Labute approximate surface area is 96.8 Å². The van der Waals surface area contributed by atoms with Gasteiger partial charge < -0.3 is 5.32 Å². The highest BCUT2D eigenvalue weighted by Gasteiger charge is 2.28. The second-order valence-corrected chi connectivity index (χ2v) is 4.74. The van der Waals surface area contributed by atoms with Crippen molar-refractivity contribution in [3.8, 4) is 0 Å². The molecule has 0 bridgehead atoms. The van der Waals surface area contributed by atoms with Crippen LogP contribution in [0.3, 0.4) is 0 Å². The number of hydrogen-bond donors (Lipinski definition) is 1. The normalized spacial score (nSPS) is 25.7. The zero-order valence-corrected chi connectivity index (χ0v) is 9.93. The molecule has 1 N–H and O–H groups in total. The van der Waals surface area contributed by atoms with Crippen LogP contribution in [0.25, 0.3) is 0 Å². The summed E-state index contributed by atoms with van der Waals surface area (Å²) < 4.78 is 0. The van der Waals surface area contributed by atoms with Gasteiger partial charge in [0.05, 0.1) is 0 Å². The van der Waals surface area contributed by atoms with Crippen molar-refractivity contribution in [1.82, 2.24) is 5.32 Å². The standard InChI is InChI=1S/C13H18ClN/c1-2-5-10-8-15-9-12(10)11-6-3-4-7-13(11)14/h3-4,6-7,10,12,15H,2,5,8-9H2,1H3/t10-,12+/m0/s1. The molecule has 0 spiro atoms. The van der Waals surface area contributed by atoms with E-state index in [9.17, 15) is 0 Å². The highest BCUT2D eigenvalue weighted by Crippen LogP contribution is 2.34. The maximum absolute atomic E-state index is 6.24. The SMILES string of the molecule is CCC[C@H]1CNC[C@H]1c1ccccc1Cl. The van der Waals surface area contributed by atoms with Crippen molar-refractivity contribution < 1.29 is 0 Å². The predicted octanol–water partition coefficient (Wildman–Crippen LogP) is 3.44. The van der Waals surface area contributed by atoms with E-state index < -0.39 is 0 Å². The molecule has 1 heterocycles. The fraction of sp³-hybridized carbons (Fsp3) is 0.538. The van der Waals surface area contributed by atoms with Gasteiger partial charge in [-0.1, -0.05) is 43.1 Å². The molecule has 1 aromatic rings. The first-order chi connectivity index (χ1) is 7.33. The highest BCUT2D eigenvalue weighted by atomic mass is 35.5. The molecule has 2 rings (SSSR count). The van der Waals surface area contributed by atoms with E-state index in [1.165, 1.54) is 18.4 Å². The average molecular weight is 224 g/mol. The number of nitrogens with one attached hydrogen (secondary N) is 1. The second-order valence-electron chi connectivity index (χ2n) is 4.34. The summed E-state index contributed by atoms with van der Waals surface area (Å²) >= 11 is 6.24. The maximum Gasteiger partial charge on any atom is 0.0441 e. The maximum atomic E-state index is 6.24. The van der Waals surface area contributed by atoms with Crippen LogP contribution in [0.15, 0.2) is 24.3 Å². The molecule has 0 amide bonds. The Morgan fingerprint density at radius 3 is 2.87 bits per heavy atom. The van der Waals surface area contributed by atoms with Crippen LogP contribution in [0.4, 0.5) is 0 Å². The minimum Gasteiger partial charge on any atom is -0.316 e. The van der Waals surface area contributed by atoms with Gasteiger partial charge in [0.2, 0.25) is 0 Å². The summed E-state index contributed by atoms with van der Waals surface area (Å²) in [5, 5.41) is 4.40. The topological polar surface area (TPSA) is 12.0 Å². The number of rotatable bonds is 3. The van der Waals surface area contributed by atoms with Crippen molar-refractivity contribution in [2.75, 3.05) is 13.1 Å². The van der Waals surface area contributed by atoms with E-state index in [4.69, 9.17) is 11.6 Å². The molecular weight excluding hydrogens is 206 g/mol. The monoisotopic (exact) mass is 223 g/mol. The van der Waals surface area contributed by atoms with Crippen molar-refractivity contribution in [2.45, 2.75) is 25.7 Å². The van der Waals surface area contributed by atoms with E-state index in [0.29, 0.717) is 5.92 Å². The van der Waals surface area contributed by atoms with Crippen LogP contribution in [0.2, 0.25) is 5.02 Å². The molecule has 1 aromatic carbocycles. The van der Waals surface area contributed by atoms with E-state index >= 15 is 0 Å². The van der Waals surface area contributed by atoms with Crippen molar-refractivity contribution in [2.24, 2.45) is 5.92 Å². The van der Waals surface area contributed by atoms with Crippen molar-refractivity contribution in [3.05, 3.63) is 34.9 Å². The van der Waals surface area contributed by atoms with Crippen LogP contribution < -0.4 is 5.32 Å². The zero-order chi connectivity index (χ0) is 10.7. The van der Waals surface area contributed by atoms with E-state index in [2.05, 4.69) is 24.4 Å². The highest BCUT2D eigenvalue weighted by molar-refractivity contribution is 6.31. The summed E-state index contributed by atoms with van der Waals surface area (Å²) in [4.78, 5) is 0. The van der Waals surface area contributed by atoms with E-state index in [0.717, 1.165) is 24.0 Å². The Kier molecular flexibility index (Phi) is 3.66. The molecule has 0 aromatic heterocycles. The van der Waals surface area contributed by atoms with Gasteiger partial charge in [-0.25, -0.2) is 0 Å². The van der Waals surface area contributed by atoms with E-state index in [1.807, 2.05) is 12.1 Å². The van der Waals surface area contributed by atoms with Crippen LogP contribution in [-0.2, 0) is 0 Å². The van der Waals surface area contributed by atoms with E-state index in [-0.39, 0.29) is 0 Å². The van der Waals surface area contributed by atoms with Gasteiger partial charge in [-0.15, -0.1) is 0 Å². The third-order valence-electron chi connectivity index (χ3n) is 3.30. The lowest BCUT2D eigenvalue weighted by molar-refractivity contribution is 0.474. The third-order valence-corrected chi connectivity index (χ3v) is 3.65. The number of benzene rings is 1. The van der Waals surface area contributed by atoms with Crippen molar-refractivity contribution >= 4 is 11.6 Å². The summed E-state index contributed by atoms with van der Waals surface area (Å²) in [6.45, 7) is 4.47. The van der Waals surface area contributed by atoms with Crippen molar-refractivity contribution in [3.63, 3.8) is 0 Å². The molecule has 0 unspecified atom stereocenters. The number of halogens is 1. The first kappa shape index (κ1) is 11.0. The predicted molar refractivity (Wildman–Crippen MR) is 65.5 cm³/mol. The molecule has 0 saturated carbocycles. The Balaban J connectivity index is 2.19. The smallest absolute Gasteiger partial charge is 0.0441 e. The lowest BCUT2D eigenvalue weighted by atomic mass is 9.86. The first-order valence-corrected chi connectivity index (χ1v) is 6.16. The largest absolute Gasteiger partial charge is 0.316 e. The lowest BCUT2D eigenvalue weighted by Gasteiger charge is -2.19. The fourth-order valence-corrected chi connectivity index (χ4v) is 2.82. The van der Waals surface area contributed by atoms with Gasteiger partial charge in [0.15, 0.2) is 0 Å². The summed E-state index contributed by atoms with van der Waals surface area (Å²) in [5.41, 5.74) is 1.32. The van der Waals surface area contributed by atoms with Crippen LogP contribution in [0.5, 0.6) is 0 Å². The number of hydrogen-bond acceptors (Lipinski definition) is 1. The molecule has 2 atom stereocenters. The molecular formula is C13H18ClN. The third kappa shape index (κ3) is 2.35. The van der Waals surface area contributed by atoms with E-state index in [1.54, 1.807) is 0 Å². The van der Waals surface area contributed by atoms with Crippen LogP contribution in [0.1, 0.15) is 31.2 Å². The Morgan fingerprint density at radius 1 is 1.33 bits per heavy atom. The minimum atomic E-state index is 0.610. The van der Waals surface area contributed by atoms with Gasteiger partial charge >= 0.3 is 0 Å². The van der Waals surface area contributed by atoms with Gasteiger partial charge in [0.1, 0.15) is 0 Å². The average Bonchev–Trinajstić information content (AvgIpc) is 2.67.